The third-order valence-electron chi connectivity index (χ3n) is 3.32. The summed E-state index contributed by atoms with van der Waals surface area (Å²) in [5, 5.41) is 3.60. The van der Waals surface area contributed by atoms with Crippen LogP contribution in [0.1, 0.15) is 40.0 Å². The first kappa shape index (κ1) is 19.8. The minimum Gasteiger partial charge on any atom is -0.333 e. The Hall–Kier alpha value is -1.26. The van der Waals surface area contributed by atoms with Crippen LogP contribution in [0.5, 0.6) is 0 Å². The van der Waals surface area contributed by atoms with Gasteiger partial charge < -0.3 is 10.2 Å². The van der Waals surface area contributed by atoms with Crippen LogP contribution in [-0.2, 0) is 9.59 Å². The normalized spacial score (nSPS) is 10.7. The Kier molecular flexibility index (Phi) is 8.42. The zero-order valence-electron chi connectivity index (χ0n) is 13.9. The second-order valence-corrected chi connectivity index (χ2v) is 6.76. The summed E-state index contributed by atoms with van der Waals surface area (Å²) in [6.07, 6.45) is 2.10. The molecular formula is C17H24Cl2N2O2. The summed E-state index contributed by atoms with van der Waals surface area (Å²) in [5.41, 5.74) is 0.493. The van der Waals surface area contributed by atoms with Gasteiger partial charge in [-0.25, -0.2) is 0 Å². The Labute approximate surface area is 148 Å². The number of hydrogen-bond donors (Lipinski definition) is 1. The molecule has 1 N–H and O–H groups in total. The molecule has 0 fully saturated rings. The highest BCUT2D eigenvalue weighted by atomic mass is 35.5. The lowest BCUT2D eigenvalue weighted by molar-refractivity contribution is -0.135. The molecule has 4 nitrogen and oxygen atoms in total. The molecule has 0 aromatic heterocycles. The fourth-order valence-corrected chi connectivity index (χ4v) is 2.54. The molecule has 23 heavy (non-hydrogen) atoms. The van der Waals surface area contributed by atoms with Gasteiger partial charge in [-0.05, 0) is 37.0 Å². The summed E-state index contributed by atoms with van der Waals surface area (Å²) in [7, 11) is 0. The van der Waals surface area contributed by atoms with Crippen LogP contribution in [0.2, 0.25) is 10.0 Å². The Morgan fingerprint density at radius 1 is 1.26 bits per heavy atom. The van der Waals surface area contributed by atoms with E-state index < -0.39 is 0 Å². The summed E-state index contributed by atoms with van der Waals surface area (Å²) in [5.74, 6) is 0.211. The summed E-state index contributed by atoms with van der Waals surface area (Å²) >= 11 is 11.9. The minimum atomic E-state index is -0.263. The lowest BCUT2D eigenvalue weighted by atomic mass is 10.1. The standard InChI is InChI=1S/C17H24Cl2N2O2/c1-4-9-21(17(23)8-5-12(2)3)11-16(22)20-15-7-6-13(18)10-14(15)19/h6-7,10,12H,4-5,8-9,11H2,1-3H3,(H,20,22). The van der Waals surface area contributed by atoms with E-state index in [9.17, 15) is 9.59 Å². The largest absolute Gasteiger partial charge is 0.333 e. The Morgan fingerprint density at radius 2 is 1.96 bits per heavy atom. The summed E-state index contributed by atoms with van der Waals surface area (Å²) in [6.45, 7) is 6.73. The van der Waals surface area contributed by atoms with Crippen molar-refractivity contribution in [1.29, 1.82) is 0 Å². The first-order valence-corrected chi connectivity index (χ1v) is 8.61. The molecule has 0 radical (unpaired) electrons. The van der Waals surface area contributed by atoms with E-state index in [-0.39, 0.29) is 18.4 Å². The van der Waals surface area contributed by atoms with Gasteiger partial charge in [0.1, 0.15) is 0 Å². The van der Waals surface area contributed by atoms with Gasteiger partial charge >= 0.3 is 0 Å². The molecule has 0 unspecified atom stereocenters. The topological polar surface area (TPSA) is 49.4 Å². The van der Waals surface area contributed by atoms with Crippen molar-refractivity contribution in [3.05, 3.63) is 28.2 Å². The average Bonchev–Trinajstić information content (AvgIpc) is 2.47. The number of anilines is 1. The average molecular weight is 359 g/mol. The minimum absolute atomic E-state index is 0.0119. The van der Waals surface area contributed by atoms with Crippen molar-refractivity contribution >= 4 is 40.7 Å². The van der Waals surface area contributed by atoms with Crippen LogP contribution in [-0.4, -0.2) is 29.8 Å². The van der Waals surface area contributed by atoms with Crippen LogP contribution in [0.25, 0.3) is 0 Å². The van der Waals surface area contributed by atoms with Gasteiger partial charge in [0.05, 0.1) is 17.3 Å². The van der Waals surface area contributed by atoms with Crippen molar-refractivity contribution in [3.8, 4) is 0 Å². The highest BCUT2D eigenvalue weighted by Gasteiger charge is 2.17. The first-order chi connectivity index (χ1) is 10.8. The first-order valence-electron chi connectivity index (χ1n) is 7.86. The van der Waals surface area contributed by atoms with Gasteiger partial charge in [0.2, 0.25) is 11.8 Å². The SMILES string of the molecule is CCCN(CC(=O)Nc1ccc(Cl)cc1Cl)C(=O)CCC(C)C. The van der Waals surface area contributed by atoms with Crippen molar-refractivity contribution < 1.29 is 9.59 Å². The van der Waals surface area contributed by atoms with Gasteiger partial charge in [0.25, 0.3) is 0 Å². The van der Waals surface area contributed by atoms with Crippen molar-refractivity contribution in [3.63, 3.8) is 0 Å². The molecule has 6 heteroatoms. The Morgan fingerprint density at radius 3 is 2.52 bits per heavy atom. The van der Waals surface area contributed by atoms with E-state index in [4.69, 9.17) is 23.2 Å². The molecule has 0 saturated carbocycles. The maximum absolute atomic E-state index is 12.2. The smallest absolute Gasteiger partial charge is 0.244 e. The number of nitrogens with one attached hydrogen (secondary N) is 1. The molecule has 0 saturated heterocycles. The third kappa shape index (κ3) is 7.23. The number of carbonyl (C=O) groups excluding carboxylic acids is 2. The van der Waals surface area contributed by atoms with Crippen LogP contribution in [0.4, 0.5) is 5.69 Å². The second-order valence-electron chi connectivity index (χ2n) is 5.92. The molecule has 1 aromatic rings. The lowest BCUT2D eigenvalue weighted by Crippen LogP contribution is -2.38. The van der Waals surface area contributed by atoms with E-state index in [0.29, 0.717) is 34.6 Å². The summed E-state index contributed by atoms with van der Waals surface area (Å²) in [6, 6.07) is 4.87. The van der Waals surface area contributed by atoms with Crippen LogP contribution in [0.15, 0.2) is 18.2 Å². The molecule has 0 spiro atoms. The Balaban J connectivity index is 2.64. The molecule has 0 aliphatic rings. The van der Waals surface area contributed by atoms with Crippen LogP contribution in [0.3, 0.4) is 0 Å². The number of amides is 2. The number of benzene rings is 1. The highest BCUT2D eigenvalue weighted by Crippen LogP contribution is 2.25. The zero-order chi connectivity index (χ0) is 17.4. The van der Waals surface area contributed by atoms with Crippen LogP contribution in [0, 0.1) is 5.92 Å². The van der Waals surface area contributed by atoms with Gasteiger partial charge in [-0.2, -0.15) is 0 Å². The van der Waals surface area contributed by atoms with E-state index >= 15 is 0 Å². The number of halogens is 2. The molecule has 0 bridgehead atoms. The predicted octanol–water partition coefficient (Wildman–Crippen LogP) is 4.61. The summed E-state index contributed by atoms with van der Waals surface area (Å²) in [4.78, 5) is 26.0. The van der Waals surface area contributed by atoms with Gasteiger partial charge in [0.15, 0.2) is 0 Å². The van der Waals surface area contributed by atoms with Crippen molar-refractivity contribution in [2.24, 2.45) is 5.92 Å². The van der Waals surface area contributed by atoms with E-state index in [2.05, 4.69) is 19.2 Å². The molecule has 1 aromatic carbocycles. The highest BCUT2D eigenvalue weighted by molar-refractivity contribution is 6.36. The van der Waals surface area contributed by atoms with Gasteiger partial charge in [-0.15, -0.1) is 0 Å². The van der Waals surface area contributed by atoms with E-state index in [1.54, 1.807) is 23.1 Å². The lowest BCUT2D eigenvalue weighted by Gasteiger charge is -2.22. The molecule has 0 aliphatic heterocycles. The number of carbonyl (C=O) groups is 2. The molecule has 128 valence electrons. The zero-order valence-corrected chi connectivity index (χ0v) is 15.4. The van der Waals surface area contributed by atoms with Crippen molar-refractivity contribution in [2.75, 3.05) is 18.4 Å². The number of hydrogen-bond acceptors (Lipinski definition) is 2. The fourth-order valence-electron chi connectivity index (χ4n) is 2.09. The quantitative estimate of drug-likeness (QED) is 0.737. The fraction of sp³-hybridized carbons (Fsp3) is 0.529. The Bertz CT molecular complexity index is 547. The molecule has 0 aliphatic carbocycles. The monoisotopic (exact) mass is 358 g/mol. The van der Waals surface area contributed by atoms with Crippen LogP contribution < -0.4 is 5.32 Å². The molecule has 0 atom stereocenters. The van der Waals surface area contributed by atoms with Crippen molar-refractivity contribution in [2.45, 2.75) is 40.0 Å². The molecule has 2 amide bonds. The van der Waals surface area contributed by atoms with Crippen LogP contribution >= 0.6 is 23.2 Å². The molecular weight excluding hydrogens is 335 g/mol. The predicted molar refractivity (Wildman–Crippen MR) is 96.0 cm³/mol. The van der Waals surface area contributed by atoms with E-state index in [1.807, 2.05) is 6.92 Å². The number of rotatable bonds is 8. The van der Waals surface area contributed by atoms with Gasteiger partial charge in [-0.1, -0.05) is 44.0 Å². The van der Waals surface area contributed by atoms with Crippen molar-refractivity contribution in [1.82, 2.24) is 4.90 Å². The molecule has 1 rings (SSSR count). The molecule has 0 heterocycles. The maximum Gasteiger partial charge on any atom is 0.244 e. The van der Waals surface area contributed by atoms with Gasteiger partial charge in [-0.3, -0.25) is 9.59 Å². The summed E-state index contributed by atoms with van der Waals surface area (Å²) < 4.78 is 0. The van der Waals surface area contributed by atoms with Gasteiger partial charge in [0, 0.05) is 18.0 Å². The van der Waals surface area contributed by atoms with E-state index in [0.717, 1.165) is 12.8 Å². The number of nitrogens with zero attached hydrogens (tertiary/aromatic N) is 1. The second kappa shape index (κ2) is 9.78. The third-order valence-corrected chi connectivity index (χ3v) is 3.87. The maximum atomic E-state index is 12.2. The van der Waals surface area contributed by atoms with E-state index in [1.165, 1.54) is 0 Å².